The Morgan fingerprint density at radius 2 is 1.76 bits per heavy atom. The van der Waals surface area contributed by atoms with Gasteiger partial charge in [-0.15, -0.1) is 0 Å². The Morgan fingerprint density at radius 3 is 2.24 bits per heavy atom. The van der Waals surface area contributed by atoms with Gasteiger partial charge in [-0.25, -0.2) is 4.79 Å². The zero-order valence-electron chi connectivity index (χ0n) is 13.5. The molecule has 0 saturated carbocycles. The van der Waals surface area contributed by atoms with Crippen molar-refractivity contribution >= 4 is 17.8 Å². The molecule has 21 heavy (non-hydrogen) atoms. The number of rotatable bonds is 9. The van der Waals surface area contributed by atoms with E-state index in [4.69, 9.17) is 5.11 Å². The van der Waals surface area contributed by atoms with Crippen molar-refractivity contribution in [1.82, 2.24) is 10.6 Å². The molecule has 6 heteroatoms. The SMILES string of the molecule is CCCC[C@H](NC(=O)CCCNC(=O)C(C)(C)C)C(=O)O. The minimum atomic E-state index is -1.00. The number of hydrogen-bond acceptors (Lipinski definition) is 3. The molecule has 0 fully saturated rings. The molecule has 0 aromatic carbocycles. The summed E-state index contributed by atoms with van der Waals surface area (Å²) in [6.07, 6.45) is 2.80. The van der Waals surface area contributed by atoms with E-state index in [1.54, 1.807) is 0 Å². The highest BCUT2D eigenvalue weighted by Crippen LogP contribution is 2.12. The van der Waals surface area contributed by atoms with Crippen LogP contribution in [0.15, 0.2) is 0 Å². The van der Waals surface area contributed by atoms with Crippen molar-refractivity contribution < 1.29 is 19.5 Å². The highest BCUT2D eigenvalue weighted by Gasteiger charge is 2.21. The first-order valence-electron chi connectivity index (χ1n) is 7.49. The summed E-state index contributed by atoms with van der Waals surface area (Å²) in [4.78, 5) is 34.3. The molecule has 1 atom stereocenters. The zero-order chi connectivity index (χ0) is 16.5. The van der Waals surface area contributed by atoms with E-state index >= 15 is 0 Å². The Morgan fingerprint density at radius 1 is 1.14 bits per heavy atom. The lowest BCUT2D eigenvalue weighted by Gasteiger charge is -2.17. The first kappa shape index (κ1) is 19.4. The minimum absolute atomic E-state index is 0.0609. The van der Waals surface area contributed by atoms with Gasteiger partial charge in [0.1, 0.15) is 6.04 Å². The fourth-order valence-corrected chi connectivity index (χ4v) is 1.65. The number of carbonyl (C=O) groups excluding carboxylic acids is 2. The molecule has 0 aromatic heterocycles. The third-order valence-electron chi connectivity index (χ3n) is 3.03. The quantitative estimate of drug-likeness (QED) is 0.565. The predicted molar refractivity (Wildman–Crippen MR) is 80.8 cm³/mol. The molecule has 2 amide bonds. The summed E-state index contributed by atoms with van der Waals surface area (Å²) in [6.45, 7) is 7.84. The lowest BCUT2D eigenvalue weighted by molar-refractivity contribution is -0.142. The molecule has 0 unspecified atom stereocenters. The number of carboxylic acid groups (broad SMARTS) is 1. The van der Waals surface area contributed by atoms with E-state index in [9.17, 15) is 14.4 Å². The van der Waals surface area contributed by atoms with E-state index in [1.165, 1.54) is 0 Å². The van der Waals surface area contributed by atoms with E-state index < -0.39 is 17.4 Å². The molecule has 0 aliphatic rings. The van der Waals surface area contributed by atoms with Gasteiger partial charge in [0.2, 0.25) is 11.8 Å². The average molecular weight is 300 g/mol. The second-order valence-corrected chi connectivity index (χ2v) is 6.21. The van der Waals surface area contributed by atoms with E-state index in [0.717, 1.165) is 12.8 Å². The monoisotopic (exact) mass is 300 g/mol. The van der Waals surface area contributed by atoms with Crippen molar-refractivity contribution in [1.29, 1.82) is 0 Å². The highest BCUT2D eigenvalue weighted by molar-refractivity contribution is 5.83. The largest absolute Gasteiger partial charge is 0.480 e. The van der Waals surface area contributed by atoms with Crippen LogP contribution in [-0.4, -0.2) is 35.5 Å². The predicted octanol–water partition coefficient (Wildman–Crippen LogP) is 1.69. The molecule has 0 rings (SSSR count). The van der Waals surface area contributed by atoms with Crippen molar-refractivity contribution in [2.24, 2.45) is 5.41 Å². The Balaban J connectivity index is 3.98. The van der Waals surface area contributed by atoms with Crippen LogP contribution >= 0.6 is 0 Å². The number of aliphatic carboxylic acids is 1. The Bertz CT molecular complexity index is 361. The lowest BCUT2D eigenvalue weighted by atomic mass is 9.96. The van der Waals surface area contributed by atoms with Crippen LogP contribution in [0.25, 0.3) is 0 Å². The van der Waals surface area contributed by atoms with Crippen LogP contribution in [-0.2, 0) is 14.4 Å². The van der Waals surface area contributed by atoms with E-state index in [-0.39, 0.29) is 18.2 Å². The number of unbranched alkanes of at least 4 members (excludes halogenated alkanes) is 1. The number of amides is 2. The van der Waals surface area contributed by atoms with Gasteiger partial charge in [0.05, 0.1) is 0 Å². The summed E-state index contributed by atoms with van der Waals surface area (Å²) in [5.41, 5.74) is -0.448. The summed E-state index contributed by atoms with van der Waals surface area (Å²) < 4.78 is 0. The van der Waals surface area contributed by atoms with Gasteiger partial charge in [-0.05, 0) is 12.8 Å². The van der Waals surface area contributed by atoms with Crippen LogP contribution in [0.3, 0.4) is 0 Å². The van der Waals surface area contributed by atoms with Crippen LogP contribution in [0.4, 0.5) is 0 Å². The Kier molecular flexibility index (Phi) is 8.66. The smallest absolute Gasteiger partial charge is 0.326 e. The molecular formula is C15H28N2O4. The van der Waals surface area contributed by atoms with Crippen LogP contribution in [0.2, 0.25) is 0 Å². The van der Waals surface area contributed by atoms with Gasteiger partial charge >= 0.3 is 5.97 Å². The molecule has 6 nitrogen and oxygen atoms in total. The molecule has 0 heterocycles. The fourth-order valence-electron chi connectivity index (χ4n) is 1.65. The third-order valence-corrected chi connectivity index (χ3v) is 3.03. The molecule has 0 bridgehead atoms. The maximum absolute atomic E-state index is 11.7. The fraction of sp³-hybridized carbons (Fsp3) is 0.800. The van der Waals surface area contributed by atoms with Crippen LogP contribution in [0, 0.1) is 5.41 Å². The van der Waals surface area contributed by atoms with Gasteiger partial charge in [-0.2, -0.15) is 0 Å². The molecule has 3 N–H and O–H groups in total. The molecule has 0 spiro atoms. The van der Waals surface area contributed by atoms with Crippen molar-refractivity contribution in [2.75, 3.05) is 6.54 Å². The van der Waals surface area contributed by atoms with Gasteiger partial charge in [-0.1, -0.05) is 40.5 Å². The summed E-state index contributed by atoms with van der Waals surface area (Å²) in [5, 5.41) is 14.3. The van der Waals surface area contributed by atoms with Crippen LogP contribution < -0.4 is 10.6 Å². The topological polar surface area (TPSA) is 95.5 Å². The number of nitrogens with one attached hydrogen (secondary N) is 2. The van der Waals surface area contributed by atoms with Gasteiger partial charge in [0, 0.05) is 18.4 Å². The third kappa shape index (κ3) is 9.05. The first-order valence-corrected chi connectivity index (χ1v) is 7.49. The maximum Gasteiger partial charge on any atom is 0.326 e. The van der Waals surface area contributed by atoms with E-state index in [0.29, 0.717) is 19.4 Å². The summed E-state index contributed by atoms with van der Waals surface area (Å²) in [6, 6.07) is -0.818. The van der Waals surface area contributed by atoms with E-state index in [2.05, 4.69) is 10.6 Å². The second kappa shape index (κ2) is 9.37. The average Bonchev–Trinajstić information content (AvgIpc) is 2.37. The number of hydrogen-bond donors (Lipinski definition) is 3. The van der Waals surface area contributed by atoms with E-state index in [1.807, 2.05) is 27.7 Å². The van der Waals surface area contributed by atoms with Gasteiger partial charge in [0.15, 0.2) is 0 Å². The first-order chi connectivity index (χ1) is 9.68. The van der Waals surface area contributed by atoms with Crippen molar-refractivity contribution in [2.45, 2.75) is 65.8 Å². The summed E-state index contributed by atoms with van der Waals surface area (Å²) in [7, 11) is 0. The standard InChI is InChI=1S/C15H28N2O4/c1-5-6-8-11(13(19)20)17-12(18)9-7-10-16-14(21)15(2,3)4/h11H,5-10H2,1-4H3,(H,16,21)(H,17,18)(H,19,20)/t11-/m0/s1. The molecule has 0 radical (unpaired) electrons. The van der Waals surface area contributed by atoms with Gasteiger partial charge < -0.3 is 15.7 Å². The normalized spacial score (nSPS) is 12.6. The highest BCUT2D eigenvalue weighted by atomic mass is 16.4. The van der Waals surface area contributed by atoms with Crippen LogP contribution in [0.1, 0.15) is 59.8 Å². The van der Waals surface area contributed by atoms with Crippen LogP contribution in [0.5, 0.6) is 0 Å². The zero-order valence-corrected chi connectivity index (χ0v) is 13.5. The lowest BCUT2D eigenvalue weighted by Crippen LogP contribution is -2.41. The Hall–Kier alpha value is -1.59. The van der Waals surface area contributed by atoms with Gasteiger partial charge in [-0.3, -0.25) is 9.59 Å². The summed E-state index contributed by atoms with van der Waals surface area (Å²) >= 11 is 0. The molecule has 0 aliphatic carbocycles. The molecule has 122 valence electrons. The molecule has 0 aromatic rings. The minimum Gasteiger partial charge on any atom is -0.480 e. The van der Waals surface area contributed by atoms with Gasteiger partial charge in [0.25, 0.3) is 0 Å². The second-order valence-electron chi connectivity index (χ2n) is 6.21. The van der Waals surface area contributed by atoms with Crippen molar-refractivity contribution in [3.63, 3.8) is 0 Å². The van der Waals surface area contributed by atoms with Crippen molar-refractivity contribution in [3.8, 4) is 0 Å². The maximum atomic E-state index is 11.7. The molecular weight excluding hydrogens is 272 g/mol. The summed E-state index contributed by atoms with van der Waals surface area (Å²) in [5.74, 6) is -1.35. The van der Waals surface area contributed by atoms with Crippen molar-refractivity contribution in [3.05, 3.63) is 0 Å². The molecule has 0 aliphatic heterocycles. The molecule has 0 saturated heterocycles. The Labute approximate surface area is 126 Å². The number of carboxylic acids is 1. The number of carbonyl (C=O) groups is 3.